The lowest BCUT2D eigenvalue weighted by molar-refractivity contribution is 0.892. The summed E-state index contributed by atoms with van der Waals surface area (Å²) >= 11 is 0. The van der Waals surface area contributed by atoms with E-state index in [0.29, 0.717) is 0 Å². The van der Waals surface area contributed by atoms with Gasteiger partial charge in [0.15, 0.2) is 0 Å². The summed E-state index contributed by atoms with van der Waals surface area (Å²) in [5, 5.41) is 5.00. The van der Waals surface area contributed by atoms with E-state index >= 15 is 0 Å². The predicted molar refractivity (Wildman–Crippen MR) is 159 cm³/mol. The smallest absolute Gasteiger partial charge is 0.0934 e. The maximum Gasteiger partial charge on any atom is 0.0934 e. The van der Waals surface area contributed by atoms with Gasteiger partial charge in [-0.05, 0) is 66.7 Å². The molecule has 182 valence electrons. The van der Waals surface area contributed by atoms with Crippen LogP contribution in [-0.2, 0) is 0 Å². The van der Waals surface area contributed by atoms with E-state index in [2.05, 4.69) is 78.3 Å². The zero-order chi connectivity index (χ0) is 26.3. The molecule has 0 unspecified atom stereocenters. The summed E-state index contributed by atoms with van der Waals surface area (Å²) in [5.74, 6) is 13.0. The van der Waals surface area contributed by atoms with E-state index in [0.717, 1.165) is 50.5 Å². The number of benzene rings is 5. The van der Waals surface area contributed by atoms with Crippen molar-refractivity contribution in [1.29, 1.82) is 0 Å². The number of hydrogen-bond acceptors (Lipinski definition) is 1. The summed E-state index contributed by atoms with van der Waals surface area (Å²) in [6.07, 6.45) is 0. The topological polar surface area (TPSA) is 17.8 Å². The van der Waals surface area contributed by atoms with Gasteiger partial charge in [0.1, 0.15) is 0 Å². The fraction of sp³-hybridized carbons (Fsp3) is 0. The third kappa shape index (κ3) is 5.72. The van der Waals surface area contributed by atoms with Gasteiger partial charge >= 0.3 is 0 Å². The van der Waals surface area contributed by atoms with Crippen molar-refractivity contribution in [3.05, 3.63) is 168 Å². The van der Waals surface area contributed by atoms with Crippen LogP contribution < -0.4 is 0 Å². The Morgan fingerprint density at radius 1 is 0.410 bits per heavy atom. The van der Waals surface area contributed by atoms with Gasteiger partial charge in [-0.25, -0.2) is 4.68 Å². The summed E-state index contributed by atoms with van der Waals surface area (Å²) in [6, 6.07) is 49.0. The van der Waals surface area contributed by atoms with Gasteiger partial charge in [-0.1, -0.05) is 103 Å². The molecule has 0 aliphatic heterocycles. The lowest BCUT2D eigenvalue weighted by Gasteiger charge is -2.07. The van der Waals surface area contributed by atoms with E-state index < -0.39 is 0 Å². The van der Waals surface area contributed by atoms with Crippen molar-refractivity contribution >= 4 is 0 Å². The molecule has 0 saturated carbocycles. The van der Waals surface area contributed by atoms with Gasteiger partial charge in [0.05, 0.1) is 17.1 Å². The average molecular weight is 497 g/mol. The lowest BCUT2D eigenvalue weighted by Crippen LogP contribution is -1.99. The van der Waals surface area contributed by atoms with Crippen molar-refractivity contribution in [1.82, 2.24) is 9.78 Å². The van der Waals surface area contributed by atoms with Crippen LogP contribution >= 0.6 is 0 Å². The highest BCUT2D eigenvalue weighted by molar-refractivity contribution is 5.71. The van der Waals surface area contributed by atoms with Crippen molar-refractivity contribution < 1.29 is 0 Å². The largest absolute Gasteiger partial charge is 0.232 e. The third-order valence-corrected chi connectivity index (χ3v) is 6.32. The molecule has 6 aromatic rings. The van der Waals surface area contributed by atoms with Gasteiger partial charge in [0.2, 0.25) is 0 Å². The minimum Gasteiger partial charge on any atom is -0.232 e. The van der Waals surface area contributed by atoms with Crippen LogP contribution in [0.1, 0.15) is 22.3 Å². The highest BCUT2D eigenvalue weighted by atomic mass is 15.3. The zero-order valence-corrected chi connectivity index (χ0v) is 21.3. The van der Waals surface area contributed by atoms with Crippen LogP contribution in [0.2, 0.25) is 0 Å². The van der Waals surface area contributed by atoms with E-state index in [1.165, 1.54) is 0 Å². The van der Waals surface area contributed by atoms with E-state index in [1.54, 1.807) is 0 Å². The van der Waals surface area contributed by atoms with Crippen LogP contribution in [0.4, 0.5) is 0 Å². The van der Waals surface area contributed by atoms with Crippen molar-refractivity contribution in [2.75, 3.05) is 0 Å². The van der Waals surface area contributed by atoms with Gasteiger partial charge < -0.3 is 0 Å². The van der Waals surface area contributed by atoms with Crippen LogP contribution in [0, 0.1) is 23.7 Å². The van der Waals surface area contributed by atoms with Gasteiger partial charge in [-0.3, -0.25) is 0 Å². The highest BCUT2D eigenvalue weighted by Gasteiger charge is 2.13. The molecule has 0 amide bonds. The second kappa shape index (κ2) is 11.2. The molecule has 0 saturated heterocycles. The summed E-state index contributed by atoms with van der Waals surface area (Å²) in [5.41, 5.74) is 9.01. The fourth-order valence-electron chi connectivity index (χ4n) is 4.27. The monoisotopic (exact) mass is 496 g/mol. The molecule has 0 aliphatic rings. The molecule has 0 bridgehead atoms. The first kappa shape index (κ1) is 23.8. The number of aromatic nitrogens is 2. The molecule has 0 fully saturated rings. The molecule has 0 radical (unpaired) electrons. The Morgan fingerprint density at radius 3 is 1.31 bits per heavy atom. The first-order valence-electron chi connectivity index (χ1n) is 12.8. The second-order valence-electron chi connectivity index (χ2n) is 9.05. The minimum absolute atomic E-state index is 0.907. The maximum absolute atomic E-state index is 5.00. The molecule has 0 atom stereocenters. The van der Waals surface area contributed by atoms with Crippen LogP contribution in [0.25, 0.3) is 28.2 Å². The molecule has 5 aromatic carbocycles. The molecule has 39 heavy (non-hydrogen) atoms. The Balaban J connectivity index is 1.31. The Morgan fingerprint density at radius 2 is 0.821 bits per heavy atom. The molecular weight excluding hydrogens is 472 g/mol. The van der Waals surface area contributed by atoms with Gasteiger partial charge in [0, 0.05) is 33.4 Å². The van der Waals surface area contributed by atoms with Crippen molar-refractivity contribution in [2.24, 2.45) is 0 Å². The number of nitrogens with zero attached hydrogens (tertiary/aromatic N) is 2. The zero-order valence-electron chi connectivity index (χ0n) is 21.3. The lowest BCUT2D eigenvalue weighted by atomic mass is 10.1. The first-order chi connectivity index (χ1) is 19.3. The Bertz CT molecular complexity index is 1810. The van der Waals surface area contributed by atoms with Crippen LogP contribution in [0.3, 0.4) is 0 Å². The van der Waals surface area contributed by atoms with Crippen LogP contribution in [0.15, 0.2) is 146 Å². The van der Waals surface area contributed by atoms with Crippen molar-refractivity contribution in [2.45, 2.75) is 0 Å². The van der Waals surface area contributed by atoms with Gasteiger partial charge in [0.25, 0.3) is 0 Å². The second-order valence-corrected chi connectivity index (χ2v) is 9.05. The Hall–Kier alpha value is -5.57. The number of para-hydroxylation sites is 1. The molecular formula is C37H24N2. The number of rotatable bonds is 3. The normalized spacial score (nSPS) is 10.2. The van der Waals surface area contributed by atoms with Gasteiger partial charge in [-0.2, -0.15) is 5.10 Å². The Kier molecular flexibility index (Phi) is 6.85. The summed E-state index contributed by atoms with van der Waals surface area (Å²) < 4.78 is 2.00. The molecule has 1 heterocycles. The van der Waals surface area contributed by atoms with Crippen LogP contribution in [0.5, 0.6) is 0 Å². The highest BCUT2D eigenvalue weighted by Crippen LogP contribution is 2.29. The summed E-state index contributed by atoms with van der Waals surface area (Å²) in [7, 11) is 0. The van der Waals surface area contributed by atoms with Crippen molar-refractivity contribution in [3.8, 4) is 51.9 Å². The van der Waals surface area contributed by atoms with Gasteiger partial charge in [-0.15, -0.1) is 0 Å². The van der Waals surface area contributed by atoms with E-state index in [1.807, 2.05) is 95.7 Å². The molecule has 0 spiro atoms. The molecule has 1 aromatic heterocycles. The Labute approximate surface area is 229 Å². The molecule has 6 rings (SSSR count). The summed E-state index contributed by atoms with van der Waals surface area (Å²) in [6.45, 7) is 0. The van der Waals surface area contributed by atoms with E-state index in [9.17, 15) is 0 Å². The minimum atomic E-state index is 0.907. The average Bonchev–Trinajstić information content (AvgIpc) is 3.47. The standard InChI is InChI=1S/C37H24N2/c1-4-10-29(11-5-1)16-18-31-20-24-33(25-21-31)36-28-37(39(38-36)35-14-8-3-9-15-35)34-26-22-32(23-27-34)19-17-30-12-6-2-7-13-30/h1-15,20-28H. The SMILES string of the molecule is C(#Cc1ccc(-c2cc(-c3ccc(C#Cc4ccccc4)cc3)n(-c3ccccc3)n2)cc1)c1ccccc1. The molecule has 2 heteroatoms. The van der Waals surface area contributed by atoms with E-state index in [4.69, 9.17) is 5.10 Å². The van der Waals surface area contributed by atoms with E-state index in [-0.39, 0.29) is 0 Å². The third-order valence-electron chi connectivity index (χ3n) is 6.32. The maximum atomic E-state index is 5.00. The number of hydrogen-bond donors (Lipinski definition) is 0. The fourth-order valence-corrected chi connectivity index (χ4v) is 4.27. The molecule has 2 nitrogen and oxygen atoms in total. The molecule has 0 N–H and O–H groups in total. The predicted octanol–water partition coefficient (Wildman–Crippen LogP) is 8.01. The summed E-state index contributed by atoms with van der Waals surface area (Å²) in [4.78, 5) is 0. The quantitative estimate of drug-likeness (QED) is 0.227. The van der Waals surface area contributed by atoms with Crippen LogP contribution in [-0.4, -0.2) is 9.78 Å². The molecule has 0 aliphatic carbocycles. The first-order valence-corrected chi connectivity index (χ1v) is 12.8. The van der Waals surface area contributed by atoms with Crippen molar-refractivity contribution in [3.63, 3.8) is 0 Å².